The highest BCUT2D eigenvalue weighted by atomic mass is 32.2. The summed E-state index contributed by atoms with van der Waals surface area (Å²) in [6, 6.07) is 0. The van der Waals surface area contributed by atoms with E-state index in [-0.39, 0.29) is 5.78 Å². The van der Waals surface area contributed by atoms with E-state index in [0.29, 0.717) is 5.92 Å². The van der Waals surface area contributed by atoms with E-state index < -0.39 is 0 Å². The van der Waals surface area contributed by atoms with Crippen LogP contribution in [0, 0.1) is 5.92 Å². The van der Waals surface area contributed by atoms with Gasteiger partial charge in [0.25, 0.3) is 0 Å². The number of rotatable bonds is 2. The molecule has 0 radical (unpaired) electrons. The van der Waals surface area contributed by atoms with E-state index in [4.69, 9.17) is 0 Å². The van der Waals surface area contributed by atoms with Crippen LogP contribution >= 0.6 is 11.8 Å². The van der Waals surface area contributed by atoms with Crippen molar-refractivity contribution in [2.45, 2.75) is 19.8 Å². The molecule has 2 heteroatoms. The molecule has 11 heavy (non-hydrogen) atoms. The van der Waals surface area contributed by atoms with Crippen molar-refractivity contribution < 1.29 is 4.79 Å². The Morgan fingerprint density at radius 2 is 2.45 bits per heavy atom. The van der Waals surface area contributed by atoms with Crippen molar-refractivity contribution >= 4 is 17.5 Å². The second-order valence-corrected chi connectivity index (χ2v) is 4.10. The summed E-state index contributed by atoms with van der Waals surface area (Å²) >= 11 is 1.99. The maximum absolute atomic E-state index is 10.6. The number of ketones is 1. The van der Waals surface area contributed by atoms with E-state index in [1.54, 1.807) is 13.0 Å². The van der Waals surface area contributed by atoms with Gasteiger partial charge in [-0.1, -0.05) is 6.08 Å². The van der Waals surface area contributed by atoms with Crippen LogP contribution < -0.4 is 0 Å². The SMILES string of the molecule is CC(=O)/C=C/[C@H]1CCCSC1. The van der Waals surface area contributed by atoms with Crippen LogP contribution in [0.15, 0.2) is 12.2 Å². The predicted molar refractivity (Wildman–Crippen MR) is 49.9 cm³/mol. The molecule has 0 bridgehead atoms. The zero-order chi connectivity index (χ0) is 8.10. The molecular formula is C9H14OS. The Kier molecular flexibility index (Phi) is 3.70. The summed E-state index contributed by atoms with van der Waals surface area (Å²) in [6.45, 7) is 1.60. The number of hydrogen-bond acceptors (Lipinski definition) is 2. The molecule has 1 fully saturated rings. The van der Waals surface area contributed by atoms with Crippen molar-refractivity contribution in [2.24, 2.45) is 5.92 Å². The van der Waals surface area contributed by atoms with Gasteiger partial charge in [0, 0.05) is 0 Å². The highest BCUT2D eigenvalue weighted by molar-refractivity contribution is 7.99. The molecule has 1 aliphatic rings. The molecule has 1 aliphatic heterocycles. The van der Waals surface area contributed by atoms with E-state index in [9.17, 15) is 4.79 Å². The highest BCUT2D eigenvalue weighted by Crippen LogP contribution is 2.23. The number of allylic oxidation sites excluding steroid dienone is 2. The highest BCUT2D eigenvalue weighted by Gasteiger charge is 2.09. The van der Waals surface area contributed by atoms with Crippen LogP contribution in [0.4, 0.5) is 0 Å². The third-order valence-electron chi connectivity index (χ3n) is 1.80. The van der Waals surface area contributed by atoms with E-state index in [2.05, 4.69) is 6.08 Å². The monoisotopic (exact) mass is 170 g/mol. The quantitative estimate of drug-likeness (QED) is 0.591. The zero-order valence-electron chi connectivity index (χ0n) is 6.88. The van der Waals surface area contributed by atoms with Crippen molar-refractivity contribution in [2.75, 3.05) is 11.5 Å². The molecule has 0 aliphatic carbocycles. The molecule has 1 saturated heterocycles. The number of carbonyl (C=O) groups is 1. The molecule has 0 N–H and O–H groups in total. The minimum atomic E-state index is 0.167. The van der Waals surface area contributed by atoms with Crippen LogP contribution in [0.3, 0.4) is 0 Å². The third-order valence-corrected chi connectivity index (χ3v) is 3.04. The lowest BCUT2D eigenvalue weighted by Crippen LogP contribution is -2.07. The summed E-state index contributed by atoms with van der Waals surface area (Å²) in [5.74, 6) is 3.31. The van der Waals surface area contributed by atoms with Gasteiger partial charge >= 0.3 is 0 Å². The first-order valence-corrected chi connectivity index (χ1v) is 5.21. The minimum Gasteiger partial charge on any atom is -0.295 e. The van der Waals surface area contributed by atoms with Crippen LogP contribution in [0.25, 0.3) is 0 Å². The Labute approximate surface area is 72.2 Å². The van der Waals surface area contributed by atoms with E-state index >= 15 is 0 Å². The summed E-state index contributed by atoms with van der Waals surface area (Å²) in [7, 11) is 0. The first-order chi connectivity index (χ1) is 5.29. The molecule has 0 spiro atoms. The van der Waals surface area contributed by atoms with Gasteiger partial charge in [-0.25, -0.2) is 0 Å². The fourth-order valence-corrected chi connectivity index (χ4v) is 2.31. The summed E-state index contributed by atoms with van der Waals surface area (Å²) in [5.41, 5.74) is 0. The second kappa shape index (κ2) is 4.60. The van der Waals surface area contributed by atoms with Crippen molar-refractivity contribution in [3.8, 4) is 0 Å². The number of hydrogen-bond donors (Lipinski definition) is 0. The smallest absolute Gasteiger partial charge is 0.152 e. The lowest BCUT2D eigenvalue weighted by molar-refractivity contribution is -0.112. The first-order valence-electron chi connectivity index (χ1n) is 4.05. The van der Waals surface area contributed by atoms with E-state index in [0.717, 1.165) is 0 Å². The molecule has 0 amide bonds. The fourth-order valence-electron chi connectivity index (χ4n) is 1.19. The Morgan fingerprint density at radius 1 is 1.64 bits per heavy atom. The van der Waals surface area contributed by atoms with Crippen LogP contribution in [0.1, 0.15) is 19.8 Å². The fraction of sp³-hybridized carbons (Fsp3) is 0.667. The summed E-state index contributed by atoms with van der Waals surface area (Å²) in [6.07, 6.45) is 6.33. The van der Waals surface area contributed by atoms with Gasteiger partial charge in [-0.15, -0.1) is 0 Å². The Bertz CT molecular complexity index is 157. The van der Waals surface area contributed by atoms with Crippen LogP contribution in [0.5, 0.6) is 0 Å². The molecule has 0 aromatic heterocycles. The topological polar surface area (TPSA) is 17.1 Å². The average Bonchev–Trinajstić information content (AvgIpc) is 2.03. The van der Waals surface area contributed by atoms with Crippen LogP contribution in [-0.4, -0.2) is 17.3 Å². The molecule has 1 rings (SSSR count). The molecule has 0 saturated carbocycles. The standard InChI is InChI=1S/C9H14OS/c1-8(10)4-5-9-3-2-6-11-7-9/h4-5,9H,2-3,6-7H2,1H3/b5-4+/t9-/m1/s1. The Balaban J connectivity index is 2.29. The van der Waals surface area contributed by atoms with Gasteiger partial charge < -0.3 is 0 Å². The van der Waals surface area contributed by atoms with Crippen molar-refractivity contribution in [3.05, 3.63) is 12.2 Å². The minimum absolute atomic E-state index is 0.167. The van der Waals surface area contributed by atoms with Crippen molar-refractivity contribution in [3.63, 3.8) is 0 Å². The average molecular weight is 170 g/mol. The molecule has 0 unspecified atom stereocenters. The normalized spacial score (nSPS) is 25.7. The number of thioether (sulfide) groups is 1. The molecule has 1 atom stereocenters. The second-order valence-electron chi connectivity index (χ2n) is 2.95. The van der Waals surface area contributed by atoms with Gasteiger partial charge in [0.05, 0.1) is 0 Å². The lowest BCUT2D eigenvalue weighted by Gasteiger charge is -2.16. The molecule has 0 aromatic rings. The number of carbonyl (C=O) groups excluding carboxylic acids is 1. The summed E-state index contributed by atoms with van der Waals surface area (Å²) in [4.78, 5) is 10.6. The largest absolute Gasteiger partial charge is 0.295 e. The maximum Gasteiger partial charge on any atom is 0.152 e. The van der Waals surface area contributed by atoms with Crippen LogP contribution in [-0.2, 0) is 4.79 Å². The maximum atomic E-state index is 10.6. The first kappa shape index (κ1) is 8.85. The van der Waals surface area contributed by atoms with Gasteiger partial charge in [-0.2, -0.15) is 11.8 Å². The molecule has 1 nitrogen and oxygen atoms in total. The molecule has 1 heterocycles. The molecular weight excluding hydrogens is 156 g/mol. The van der Waals surface area contributed by atoms with E-state index in [1.807, 2.05) is 11.8 Å². The Morgan fingerprint density at radius 3 is 3.00 bits per heavy atom. The van der Waals surface area contributed by atoms with Gasteiger partial charge in [-0.3, -0.25) is 4.79 Å². The lowest BCUT2D eigenvalue weighted by atomic mass is 10.0. The van der Waals surface area contributed by atoms with Gasteiger partial charge in [0.1, 0.15) is 0 Å². The van der Waals surface area contributed by atoms with Gasteiger partial charge in [0.15, 0.2) is 5.78 Å². The van der Waals surface area contributed by atoms with E-state index in [1.165, 1.54) is 24.3 Å². The molecule has 0 aromatic carbocycles. The third kappa shape index (κ3) is 3.61. The van der Waals surface area contributed by atoms with Gasteiger partial charge in [0.2, 0.25) is 0 Å². The predicted octanol–water partition coefficient (Wildman–Crippen LogP) is 2.27. The van der Waals surface area contributed by atoms with Crippen molar-refractivity contribution in [1.29, 1.82) is 0 Å². The molecule has 62 valence electrons. The van der Waals surface area contributed by atoms with Crippen LogP contribution in [0.2, 0.25) is 0 Å². The summed E-state index contributed by atoms with van der Waals surface area (Å²) < 4.78 is 0. The summed E-state index contributed by atoms with van der Waals surface area (Å²) in [5, 5.41) is 0. The zero-order valence-corrected chi connectivity index (χ0v) is 7.69. The Hall–Kier alpha value is -0.240. The van der Waals surface area contributed by atoms with Crippen molar-refractivity contribution in [1.82, 2.24) is 0 Å². The van der Waals surface area contributed by atoms with Gasteiger partial charge in [-0.05, 0) is 43.3 Å².